The van der Waals surface area contributed by atoms with Crippen LogP contribution in [0.2, 0.25) is 0 Å². The molecule has 0 aromatic heterocycles. The van der Waals surface area contributed by atoms with Crippen molar-refractivity contribution in [1.29, 1.82) is 0 Å². The Morgan fingerprint density at radius 2 is 1.62 bits per heavy atom. The van der Waals surface area contributed by atoms with E-state index in [1.807, 2.05) is 18.2 Å². The van der Waals surface area contributed by atoms with Gasteiger partial charge < -0.3 is 9.47 Å². The maximum Gasteiger partial charge on any atom is 0.269 e. The number of hydrazine groups is 1. The van der Waals surface area contributed by atoms with Crippen molar-refractivity contribution < 1.29 is 19.1 Å². The van der Waals surface area contributed by atoms with Crippen molar-refractivity contribution in [2.24, 2.45) is 0 Å². The zero-order valence-corrected chi connectivity index (χ0v) is 13.7. The van der Waals surface area contributed by atoms with Gasteiger partial charge in [0.1, 0.15) is 0 Å². The van der Waals surface area contributed by atoms with Gasteiger partial charge in [0.25, 0.3) is 5.91 Å². The molecule has 6 heteroatoms. The molecular formula is C18H20N2O4. The molecule has 0 radical (unpaired) electrons. The molecule has 0 saturated heterocycles. The summed E-state index contributed by atoms with van der Waals surface area (Å²) in [6, 6.07) is 14.2. The second kappa shape index (κ2) is 8.57. The summed E-state index contributed by atoms with van der Waals surface area (Å²) < 4.78 is 10.4. The first kappa shape index (κ1) is 17.3. The van der Waals surface area contributed by atoms with Gasteiger partial charge in [0.15, 0.2) is 11.5 Å². The highest BCUT2D eigenvalue weighted by molar-refractivity contribution is 5.95. The fraction of sp³-hybridized carbons (Fsp3) is 0.222. The lowest BCUT2D eigenvalue weighted by atomic mass is 10.1. The number of carbonyl (C=O) groups excluding carboxylic acids is 2. The van der Waals surface area contributed by atoms with Crippen LogP contribution in [0.25, 0.3) is 0 Å². The average molecular weight is 328 g/mol. The Morgan fingerprint density at radius 1 is 0.917 bits per heavy atom. The van der Waals surface area contributed by atoms with E-state index in [1.54, 1.807) is 44.6 Å². The maximum absolute atomic E-state index is 11.8. The topological polar surface area (TPSA) is 76.7 Å². The molecule has 0 heterocycles. The highest BCUT2D eigenvalue weighted by atomic mass is 16.5. The second-order valence-corrected chi connectivity index (χ2v) is 5.06. The number of hydrogen-bond donors (Lipinski definition) is 2. The molecule has 6 nitrogen and oxygen atoms in total. The normalized spacial score (nSPS) is 9.92. The van der Waals surface area contributed by atoms with E-state index < -0.39 is 0 Å². The van der Waals surface area contributed by atoms with E-state index in [4.69, 9.17) is 9.47 Å². The van der Waals surface area contributed by atoms with Gasteiger partial charge in [-0.2, -0.15) is 0 Å². The molecule has 0 unspecified atom stereocenters. The first-order chi connectivity index (χ1) is 11.6. The van der Waals surface area contributed by atoms with Gasteiger partial charge in [-0.25, -0.2) is 0 Å². The molecular weight excluding hydrogens is 308 g/mol. The Balaban J connectivity index is 1.82. The van der Waals surface area contributed by atoms with Crippen molar-refractivity contribution in [3.8, 4) is 11.5 Å². The standard InChI is InChI=1S/C18H20N2O4/c1-23-15-10-8-13(12-16(15)24-2)9-11-17(21)19-20-18(22)14-6-4-3-5-7-14/h3-8,10,12H,9,11H2,1-2H3,(H,19,21)(H,20,22). The van der Waals surface area contributed by atoms with Gasteiger partial charge in [-0.1, -0.05) is 24.3 Å². The van der Waals surface area contributed by atoms with Crippen LogP contribution >= 0.6 is 0 Å². The molecule has 0 aliphatic carbocycles. The molecule has 2 aromatic rings. The molecule has 0 aliphatic rings. The number of ether oxygens (including phenoxy) is 2. The fourth-order valence-corrected chi connectivity index (χ4v) is 2.14. The summed E-state index contributed by atoms with van der Waals surface area (Å²) >= 11 is 0. The molecule has 0 saturated carbocycles. The van der Waals surface area contributed by atoms with E-state index in [-0.39, 0.29) is 18.2 Å². The minimum Gasteiger partial charge on any atom is -0.493 e. The van der Waals surface area contributed by atoms with Crippen molar-refractivity contribution in [3.63, 3.8) is 0 Å². The van der Waals surface area contributed by atoms with Crippen LogP contribution in [0.1, 0.15) is 22.3 Å². The van der Waals surface area contributed by atoms with Crippen LogP contribution in [0.5, 0.6) is 11.5 Å². The summed E-state index contributed by atoms with van der Waals surface area (Å²) in [6.45, 7) is 0. The van der Waals surface area contributed by atoms with E-state index in [0.717, 1.165) is 5.56 Å². The number of amides is 2. The summed E-state index contributed by atoms with van der Waals surface area (Å²) in [6.07, 6.45) is 0.762. The van der Waals surface area contributed by atoms with Crippen molar-refractivity contribution in [2.45, 2.75) is 12.8 Å². The van der Waals surface area contributed by atoms with E-state index in [9.17, 15) is 9.59 Å². The molecule has 2 aromatic carbocycles. The summed E-state index contributed by atoms with van der Waals surface area (Å²) in [4.78, 5) is 23.7. The molecule has 2 amide bonds. The lowest BCUT2D eigenvalue weighted by Gasteiger charge is -2.10. The number of methoxy groups -OCH3 is 2. The zero-order valence-electron chi connectivity index (χ0n) is 13.7. The van der Waals surface area contributed by atoms with Gasteiger partial charge in [0.05, 0.1) is 14.2 Å². The van der Waals surface area contributed by atoms with Crippen molar-refractivity contribution in [3.05, 3.63) is 59.7 Å². The Morgan fingerprint density at radius 3 is 2.29 bits per heavy atom. The van der Waals surface area contributed by atoms with Crippen LogP contribution in [0.4, 0.5) is 0 Å². The largest absolute Gasteiger partial charge is 0.493 e. The molecule has 0 bridgehead atoms. The van der Waals surface area contributed by atoms with E-state index in [1.165, 1.54) is 0 Å². The van der Waals surface area contributed by atoms with Crippen molar-refractivity contribution in [1.82, 2.24) is 10.9 Å². The minimum absolute atomic E-state index is 0.241. The van der Waals surface area contributed by atoms with Crippen LogP contribution in [-0.2, 0) is 11.2 Å². The number of hydrogen-bond acceptors (Lipinski definition) is 4. The Bertz CT molecular complexity index is 701. The highest BCUT2D eigenvalue weighted by Crippen LogP contribution is 2.27. The molecule has 2 N–H and O–H groups in total. The van der Waals surface area contributed by atoms with Crippen molar-refractivity contribution in [2.75, 3.05) is 14.2 Å². The van der Waals surface area contributed by atoms with Crippen LogP contribution in [0.3, 0.4) is 0 Å². The molecule has 0 atom stereocenters. The van der Waals surface area contributed by atoms with Crippen LogP contribution < -0.4 is 20.3 Å². The van der Waals surface area contributed by atoms with Crippen LogP contribution in [-0.4, -0.2) is 26.0 Å². The Hall–Kier alpha value is -3.02. The van der Waals surface area contributed by atoms with Crippen molar-refractivity contribution >= 4 is 11.8 Å². The summed E-state index contributed by atoms with van der Waals surface area (Å²) in [7, 11) is 3.13. The lowest BCUT2D eigenvalue weighted by molar-refractivity contribution is -0.121. The quantitative estimate of drug-likeness (QED) is 0.796. The SMILES string of the molecule is COc1ccc(CCC(=O)NNC(=O)c2ccccc2)cc1OC. The first-order valence-electron chi connectivity index (χ1n) is 7.49. The highest BCUT2D eigenvalue weighted by Gasteiger charge is 2.09. The average Bonchev–Trinajstić information content (AvgIpc) is 2.64. The summed E-state index contributed by atoms with van der Waals surface area (Å²) in [5.74, 6) is 0.637. The molecule has 0 aliphatic heterocycles. The fourth-order valence-electron chi connectivity index (χ4n) is 2.14. The summed E-state index contributed by atoms with van der Waals surface area (Å²) in [5, 5.41) is 0. The van der Waals surface area contributed by atoms with Gasteiger partial charge in [-0.3, -0.25) is 20.4 Å². The predicted molar refractivity (Wildman–Crippen MR) is 89.9 cm³/mol. The number of carbonyl (C=O) groups is 2. The predicted octanol–water partition coefficient (Wildman–Crippen LogP) is 2.10. The molecule has 0 spiro atoms. The number of nitrogens with one attached hydrogen (secondary N) is 2. The van der Waals surface area contributed by atoms with Gasteiger partial charge in [-0.15, -0.1) is 0 Å². The smallest absolute Gasteiger partial charge is 0.269 e. The molecule has 126 valence electrons. The van der Waals surface area contributed by atoms with Crippen LogP contribution in [0, 0.1) is 0 Å². The number of rotatable bonds is 6. The molecule has 2 rings (SSSR count). The minimum atomic E-state index is -0.352. The van der Waals surface area contributed by atoms with Gasteiger partial charge in [-0.05, 0) is 36.2 Å². The van der Waals surface area contributed by atoms with Gasteiger partial charge in [0, 0.05) is 12.0 Å². The third-order valence-electron chi connectivity index (χ3n) is 3.44. The lowest BCUT2D eigenvalue weighted by Crippen LogP contribution is -2.41. The molecule has 0 fully saturated rings. The van der Waals surface area contributed by atoms with E-state index >= 15 is 0 Å². The van der Waals surface area contributed by atoms with E-state index in [2.05, 4.69) is 10.9 Å². The second-order valence-electron chi connectivity index (χ2n) is 5.06. The third-order valence-corrected chi connectivity index (χ3v) is 3.44. The zero-order chi connectivity index (χ0) is 17.4. The number of benzene rings is 2. The Labute approximate surface area is 140 Å². The maximum atomic E-state index is 11.8. The number of aryl methyl sites for hydroxylation is 1. The Kier molecular flexibility index (Phi) is 6.19. The van der Waals surface area contributed by atoms with E-state index in [0.29, 0.717) is 23.5 Å². The van der Waals surface area contributed by atoms with Crippen LogP contribution in [0.15, 0.2) is 48.5 Å². The monoisotopic (exact) mass is 328 g/mol. The van der Waals surface area contributed by atoms with Gasteiger partial charge in [0.2, 0.25) is 5.91 Å². The van der Waals surface area contributed by atoms with Gasteiger partial charge >= 0.3 is 0 Å². The summed E-state index contributed by atoms with van der Waals surface area (Å²) in [5.41, 5.74) is 6.23. The first-order valence-corrected chi connectivity index (χ1v) is 7.49. The molecule has 24 heavy (non-hydrogen) atoms. The third kappa shape index (κ3) is 4.74.